The van der Waals surface area contributed by atoms with E-state index < -0.39 is 0 Å². The van der Waals surface area contributed by atoms with E-state index >= 15 is 0 Å². The number of methoxy groups -OCH3 is 12. The van der Waals surface area contributed by atoms with Gasteiger partial charge in [0, 0.05) is 42.7 Å². The molecule has 0 radical (unpaired) electrons. The molecule has 0 aliphatic rings. The van der Waals surface area contributed by atoms with Gasteiger partial charge in [-0.2, -0.15) is 0 Å². The second kappa shape index (κ2) is 116. The van der Waals surface area contributed by atoms with Crippen LogP contribution in [0.1, 0.15) is 197 Å². The highest BCUT2D eigenvalue weighted by Gasteiger charge is 1.99. The van der Waals surface area contributed by atoms with Gasteiger partial charge in [0.2, 0.25) is 0 Å². The second-order valence-corrected chi connectivity index (χ2v) is 25.1. The lowest BCUT2D eigenvalue weighted by atomic mass is 10.1. The quantitative estimate of drug-likeness (QED) is 0.0974. The minimum Gasteiger partial charge on any atom is -0.497 e. The predicted octanol–water partition coefficient (Wildman–Crippen LogP) is 32.4. The van der Waals surface area contributed by atoms with E-state index in [4.69, 9.17) is 42.6 Å². The van der Waals surface area contributed by atoms with Gasteiger partial charge in [0.05, 0.1) is 64.0 Å². The predicted molar refractivity (Wildman–Crippen MR) is 553 cm³/mol. The summed E-state index contributed by atoms with van der Waals surface area (Å²) in [5, 5.41) is 0. The van der Waals surface area contributed by atoms with Crippen LogP contribution in [0.3, 0.4) is 0 Å². The van der Waals surface area contributed by atoms with Gasteiger partial charge in [0.1, 0.15) is 51.7 Å². The molecule has 12 aromatic rings. The zero-order valence-electron chi connectivity index (χ0n) is 84.7. The molecule has 0 aliphatic carbocycles. The molecule has 0 unspecified atom stereocenters. The number of ether oxygens (including phenoxy) is 12. The highest BCUT2D eigenvalue weighted by atomic mass is 16.5. The Kier molecular flexibility index (Phi) is 122. The van der Waals surface area contributed by atoms with Crippen molar-refractivity contribution in [1.29, 1.82) is 0 Å². The molecule has 0 fully saturated rings. The number of benzene rings is 12. The molecule has 12 aromatic carbocycles. The van der Waals surface area contributed by atoms with Crippen molar-refractivity contribution < 1.29 is 56.8 Å². The summed E-state index contributed by atoms with van der Waals surface area (Å²) in [4.78, 5) is 0. The van der Waals surface area contributed by atoms with Gasteiger partial charge in [-0.3, -0.25) is 0 Å². The molecule has 12 nitrogen and oxygen atoms in total. The first-order valence-corrected chi connectivity index (χ1v) is 44.2. The molecule has 0 aromatic heterocycles. The topological polar surface area (TPSA) is 111 Å². The number of para-hydroxylation sites is 6. The van der Waals surface area contributed by atoms with Crippen LogP contribution in [0.25, 0.3) is 0 Å². The Labute approximate surface area is 772 Å². The third-order valence-corrected chi connectivity index (χ3v) is 13.1. The molecule has 0 bridgehead atoms. The highest BCUT2D eigenvalue weighted by Crippen LogP contribution is 2.18. The summed E-state index contributed by atoms with van der Waals surface area (Å²) in [5.41, 5.74) is 7.93. The van der Waals surface area contributed by atoms with E-state index in [0.717, 1.165) is 71.0 Å². The Balaban J connectivity index is -0.000000169. The first-order chi connectivity index (χ1) is 61.5. The summed E-state index contributed by atoms with van der Waals surface area (Å²) in [7, 11) is 24.8. The van der Waals surface area contributed by atoms with Crippen molar-refractivity contribution in [3.05, 3.63) is 379 Å². The van der Waals surface area contributed by atoms with E-state index in [2.05, 4.69) is 206 Å². The van der Waals surface area contributed by atoms with E-state index in [9.17, 15) is 0 Å². The molecule has 0 atom stereocenters. The standard InChI is InChI=1S/3C14H14O.6C7H8O.6C3H8.3C2H6O.3C2H6/c3*1-15-14-9-7-13(8-10-14)11-12-5-3-2-4-6-12;6*1-8-7-5-3-2-4-6-7;9*1-3-2;3*1-2/h3*2-10H,11H2,1H3;6*2-6H,1H3;6*3H2,1-2H3;3*1-2H3;3*1-2H3. The van der Waals surface area contributed by atoms with Crippen LogP contribution in [-0.2, 0) is 33.5 Å². The van der Waals surface area contributed by atoms with Crippen molar-refractivity contribution >= 4 is 0 Å². The van der Waals surface area contributed by atoms with Crippen molar-refractivity contribution in [2.24, 2.45) is 0 Å². The molecule has 0 saturated carbocycles. The van der Waals surface area contributed by atoms with E-state index in [1.165, 1.54) is 71.9 Å². The molecule has 0 aliphatic heterocycles. The summed E-state index contributed by atoms with van der Waals surface area (Å²) in [6.07, 6.45) is 10.4. The maximum Gasteiger partial charge on any atom is 0.118 e. The fourth-order valence-electron chi connectivity index (χ4n) is 8.06. The van der Waals surface area contributed by atoms with Gasteiger partial charge in [-0.05, 0) is 162 Å². The SMILES string of the molecule is CC.CC.CC.CCC.CCC.CCC.CCC.CCC.CCC.COC.COC.COC.COc1ccc(Cc2ccccc2)cc1.COc1ccc(Cc2ccccc2)cc1.COc1ccc(Cc2ccccc2)cc1.COc1ccccc1.COc1ccccc1.COc1ccccc1.COc1ccccc1.COc1ccccc1.COc1ccccc1. The molecule has 126 heavy (non-hydrogen) atoms. The van der Waals surface area contributed by atoms with Crippen LogP contribution in [0.2, 0.25) is 0 Å². The van der Waals surface area contributed by atoms with Crippen LogP contribution in [-0.4, -0.2) is 107 Å². The normalized spacial score (nSPS) is 8.26. The molecule has 0 spiro atoms. The van der Waals surface area contributed by atoms with E-state index in [0.29, 0.717) is 0 Å². The summed E-state index contributed by atoms with van der Waals surface area (Å²) < 4.78 is 57.6. The molecule has 0 heterocycles. The average molecular weight is 1740 g/mol. The van der Waals surface area contributed by atoms with E-state index in [1.807, 2.05) is 278 Å². The average Bonchev–Trinajstić information content (AvgIpc) is 0.900. The van der Waals surface area contributed by atoms with Gasteiger partial charge >= 0.3 is 0 Å². The Hall–Kier alpha value is -11.3. The fraction of sp³-hybridized carbons (Fsp3) is 0.368. The van der Waals surface area contributed by atoms with Crippen LogP contribution in [0, 0.1) is 0 Å². The Morgan fingerprint density at radius 3 is 0.294 bits per heavy atom. The van der Waals surface area contributed by atoms with Crippen LogP contribution < -0.4 is 42.6 Å². The van der Waals surface area contributed by atoms with Crippen molar-refractivity contribution in [3.63, 3.8) is 0 Å². The molecular formula is C114H174O12. The fourth-order valence-corrected chi connectivity index (χ4v) is 8.06. The molecule has 0 N–H and O–H groups in total. The first kappa shape index (κ1) is 133. The molecule has 0 saturated heterocycles. The summed E-state index contributed by atoms with van der Waals surface area (Å²) in [5.74, 6) is 8.19. The van der Waals surface area contributed by atoms with Crippen LogP contribution in [0.4, 0.5) is 0 Å². The lowest BCUT2D eigenvalue weighted by Gasteiger charge is -2.03. The third kappa shape index (κ3) is 96.5. The summed E-state index contributed by atoms with van der Waals surface area (Å²) in [6, 6.07) is 114. The smallest absolute Gasteiger partial charge is 0.118 e. The van der Waals surface area contributed by atoms with Crippen molar-refractivity contribution in [2.45, 2.75) is 182 Å². The van der Waals surface area contributed by atoms with Gasteiger partial charge in [-0.1, -0.05) is 400 Å². The highest BCUT2D eigenvalue weighted by molar-refractivity contribution is 5.35. The molecule has 702 valence electrons. The zero-order chi connectivity index (χ0) is 96.8. The maximum atomic E-state index is 5.12. The van der Waals surface area contributed by atoms with Crippen molar-refractivity contribution in [3.8, 4) is 51.7 Å². The van der Waals surface area contributed by atoms with Gasteiger partial charge in [0.25, 0.3) is 0 Å². The summed E-state index contributed by atoms with van der Waals surface area (Å²) in [6.45, 7) is 37.5. The molecule has 12 heteroatoms. The zero-order valence-corrected chi connectivity index (χ0v) is 84.7. The Bertz CT molecular complexity index is 3240. The van der Waals surface area contributed by atoms with E-state index in [-0.39, 0.29) is 0 Å². The van der Waals surface area contributed by atoms with Gasteiger partial charge in [0.15, 0.2) is 0 Å². The van der Waals surface area contributed by atoms with E-state index in [1.54, 1.807) is 107 Å². The Morgan fingerprint density at radius 2 is 0.206 bits per heavy atom. The monoisotopic (exact) mass is 1740 g/mol. The summed E-state index contributed by atoms with van der Waals surface area (Å²) >= 11 is 0. The Morgan fingerprint density at radius 1 is 0.127 bits per heavy atom. The number of hydrogen-bond acceptors (Lipinski definition) is 12. The largest absolute Gasteiger partial charge is 0.497 e. The second-order valence-electron chi connectivity index (χ2n) is 25.1. The van der Waals surface area contributed by atoms with Gasteiger partial charge < -0.3 is 56.8 Å². The van der Waals surface area contributed by atoms with Crippen molar-refractivity contribution in [1.82, 2.24) is 0 Å². The minimum atomic E-state index is 0.909. The minimum absolute atomic E-state index is 0.909. The lowest BCUT2D eigenvalue weighted by Crippen LogP contribution is -1.88. The van der Waals surface area contributed by atoms with Crippen LogP contribution in [0.15, 0.2) is 346 Å². The van der Waals surface area contributed by atoms with Crippen molar-refractivity contribution in [2.75, 3.05) is 107 Å². The van der Waals surface area contributed by atoms with Crippen LogP contribution >= 0.6 is 0 Å². The number of hydrogen-bond donors (Lipinski definition) is 0. The maximum absolute atomic E-state index is 5.12. The van der Waals surface area contributed by atoms with Gasteiger partial charge in [-0.25, -0.2) is 0 Å². The molecule has 12 rings (SSSR count). The van der Waals surface area contributed by atoms with Gasteiger partial charge in [-0.15, -0.1) is 0 Å². The third-order valence-electron chi connectivity index (χ3n) is 13.1. The first-order valence-electron chi connectivity index (χ1n) is 44.2. The molecular weight excluding hydrogens is 1560 g/mol. The molecule has 0 amide bonds. The lowest BCUT2D eigenvalue weighted by molar-refractivity contribution is 0.277. The van der Waals surface area contributed by atoms with Crippen LogP contribution in [0.5, 0.6) is 51.7 Å². The number of rotatable bonds is 15.